The summed E-state index contributed by atoms with van der Waals surface area (Å²) in [6.07, 6.45) is 5.72. The lowest BCUT2D eigenvalue weighted by Gasteiger charge is -2.15. The number of fused-ring (bicyclic) bond motifs is 6. The van der Waals surface area contributed by atoms with E-state index in [1.165, 1.54) is 39.2 Å². The Balaban J connectivity index is 2.30. The molecular weight excluding hydrogens is 156 g/mol. The maximum absolute atomic E-state index is 2.27. The Morgan fingerprint density at radius 2 is 1.31 bits per heavy atom. The highest BCUT2D eigenvalue weighted by molar-refractivity contribution is 6.14. The predicted octanol–water partition coefficient (Wildman–Crippen LogP) is 1.27. The van der Waals surface area contributed by atoms with Crippen LogP contribution in [-0.4, -0.2) is 0 Å². The number of allylic oxidation sites excluding steroid dienone is 4. The van der Waals surface area contributed by atoms with Crippen LogP contribution < -0.4 is 10.4 Å². The van der Waals surface area contributed by atoms with Crippen molar-refractivity contribution in [2.45, 2.75) is 6.42 Å². The Morgan fingerprint density at radius 3 is 1.85 bits per heavy atom. The molecule has 0 atom stereocenters. The van der Waals surface area contributed by atoms with Crippen molar-refractivity contribution in [1.82, 2.24) is 0 Å². The first-order valence-electron chi connectivity index (χ1n) is 4.70. The monoisotopic (exact) mass is 164 g/mol. The fourth-order valence-corrected chi connectivity index (χ4v) is 2.66. The van der Waals surface area contributed by atoms with Gasteiger partial charge in [0.15, 0.2) is 0 Å². The normalized spacial score (nSPS) is 20.6. The van der Waals surface area contributed by atoms with Gasteiger partial charge in [-0.25, -0.2) is 0 Å². The molecule has 0 spiro atoms. The lowest BCUT2D eigenvalue weighted by atomic mass is 9.88. The van der Waals surface area contributed by atoms with Crippen LogP contribution in [-0.2, 0) is 0 Å². The van der Waals surface area contributed by atoms with Gasteiger partial charge < -0.3 is 0 Å². The average Bonchev–Trinajstić information content (AvgIpc) is 2.68. The van der Waals surface area contributed by atoms with E-state index in [1.54, 1.807) is 0 Å². The molecule has 1 aromatic rings. The van der Waals surface area contributed by atoms with Crippen molar-refractivity contribution in [2.75, 3.05) is 0 Å². The molecule has 2 bridgehead atoms. The van der Waals surface area contributed by atoms with Gasteiger partial charge in [0.05, 0.1) is 0 Å². The Hall–Kier alpha value is -1.56. The molecule has 0 N–H and O–H groups in total. The minimum Gasteiger partial charge on any atom is -0.0616 e. The Kier molecular flexibility index (Phi) is 0.779. The maximum atomic E-state index is 2.27. The lowest BCUT2D eigenvalue weighted by molar-refractivity contribution is 1.35. The summed E-state index contributed by atoms with van der Waals surface area (Å²) in [6, 6.07) is 8.72. The van der Waals surface area contributed by atoms with Crippen molar-refractivity contribution >= 4 is 11.1 Å². The predicted molar refractivity (Wildman–Crippen MR) is 53.3 cm³/mol. The summed E-state index contributed by atoms with van der Waals surface area (Å²) >= 11 is 0. The Labute approximate surface area is 76.2 Å². The van der Waals surface area contributed by atoms with Crippen LogP contribution in [0.2, 0.25) is 0 Å². The third-order valence-electron chi connectivity index (χ3n) is 3.22. The van der Waals surface area contributed by atoms with E-state index in [9.17, 15) is 0 Å². The van der Waals surface area contributed by atoms with Gasteiger partial charge in [-0.2, -0.15) is 0 Å². The standard InChI is InChI=1S/C13H8/c1-2-4-11-10(3-1)12-8-5-6-9(7-8)13(11)12/h1-6H,7H2. The molecule has 0 heterocycles. The molecule has 0 saturated heterocycles. The van der Waals surface area contributed by atoms with Gasteiger partial charge in [-0.3, -0.25) is 0 Å². The Bertz CT molecular complexity index is 555. The third-order valence-corrected chi connectivity index (χ3v) is 3.22. The first-order valence-corrected chi connectivity index (χ1v) is 4.70. The molecule has 0 amide bonds. The van der Waals surface area contributed by atoms with Gasteiger partial charge in [0.25, 0.3) is 0 Å². The SMILES string of the molecule is C1=C2CC(=C1)C1=c3ccccc3=C21. The molecule has 4 rings (SSSR count). The summed E-state index contributed by atoms with van der Waals surface area (Å²) in [6.45, 7) is 0. The van der Waals surface area contributed by atoms with E-state index in [4.69, 9.17) is 0 Å². The van der Waals surface area contributed by atoms with Crippen LogP contribution in [0.3, 0.4) is 0 Å². The zero-order valence-electron chi connectivity index (χ0n) is 7.17. The molecule has 0 aromatic heterocycles. The maximum Gasteiger partial charge on any atom is -0.00130 e. The van der Waals surface area contributed by atoms with Gasteiger partial charge in [0.1, 0.15) is 0 Å². The van der Waals surface area contributed by atoms with Crippen LogP contribution in [0.15, 0.2) is 47.6 Å². The molecule has 0 nitrogen and oxygen atoms in total. The molecule has 13 heavy (non-hydrogen) atoms. The minimum absolute atomic E-state index is 1.18. The second-order valence-corrected chi connectivity index (χ2v) is 3.86. The second kappa shape index (κ2) is 1.69. The van der Waals surface area contributed by atoms with Crippen LogP contribution in [0.25, 0.3) is 11.1 Å². The van der Waals surface area contributed by atoms with Crippen molar-refractivity contribution in [3.8, 4) is 0 Å². The van der Waals surface area contributed by atoms with Gasteiger partial charge in [0.2, 0.25) is 0 Å². The zero-order chi connectivity index (χ0) is 8.41. The highest BCUT2D eigenvalue weighted by Crippen LogP contribution is 2.46. The van der Waals surface area contributed by atoms with Crippen molar-refractivity contribution in [3.05, 3.63) is 58.0 Å². The van der Waals surface area contributed by atoms with E-state index >= 15 is 0 Å². The van der Waals surface area contributed by atoms with E-state index in [-0.39, 0.29) is 0 Å². The van der Waals surface area contributed by atoms with E-state index in [0.29, 0.717) is 0 Å². The molecule has 3 aliphatic carbocycles. The van der Waals surface area contributed by atoms with Crippen LogP contribution in [0.5, 0.6) is 0 Å². The van der Waals surface area contributed by atoms with E-state index in [0.717, 1.165) is 0 Å². The van der Waals surface area contributed by atoms with Crippen LogP contribution >= 0.6 is 0 Å². The van der Waals surface area contributed by atoms with Crippen molar-refractivity contribution < 1.29 is 0 Å². The Morgan fingerprint density at radius 1 is 0.769 bits per heavy atom. The van der Waals surface area contributed by atoms with E-state index in [2.05, 4.69) is 36.4 Å². The first kappa shape index (κ1) is 5.98. The molecule has 1 aromatic carbocycles. The van der Waals surface area contributed by atoms with Gasteiger partial charge in [-0.15, -0.1) is 0 Å². The largest absolute Gasteiger partial charge is 0.0616 e. The highest BCUT2D eigenvalue weighted by Gasteiger charge is 2.32. The molecule has 0 heteroatoms. The molecular formula is C13H8. The van der Waals surface area contributed by atoms with Gasteiger partial charge in [-0.1, -0.05) is 36.4 Å². The van der Waals surface area contributed by atoms with Crippen molar-refractivity contribution in [2.24, 2.45) is 0 Å². The zero-order valence-corrected chi connectivity index (χ0v) is 7.17. The summed E-state index contributed by atoms with van der Waals surface area (Å²) in [5.41, 5.74) is 6.13. The number of benzene rings is 1. The lowest BCUT2D eigenvalue weighted by Crippen LogP contribution is -2.37. The molecule has 60 valence electrons. The number of hydrogen-bond acceptors (Lipinski definition) is 0. The molecule has 0 aliphatic heterocycles. The minimum atomic E-state index is 1.18. The number of hydrogen-bond donors (Lipinski definition) is 0. The molecule has 0 unspecified atom stereocenters. The van der Waals surface area contributed by atoms with Crippen LogP contribution in [0.4, 0.5) is 0 Å². The fraction of sp³-hybridized carbons (Fsp3) is 0.0769. The average molecular weight is 164 g/mol. The summed E-state index contributed by atoms with van der Waals surface area (Å²) in [4.78, 5) is 0. The van der Waals surface area contributed by atoms with Crippen LogP contribution in [0, 0.1) is 0 Å². The van der Waals surface area contributed by atoms with Crippen molar-refractivity contribution in [1.29, 1.82) is 0 Å². The molecule has 1 saturated carbocycles. The second-order valence-electron chi connectivity index (χ2n) is 3.86. The summed E-state index contributed by atoms with van der Waals surface area (Å²) in [5, 5.41) is 2.93. The summed E-state index contributed by atoms with van der Waals surface area (Å²) < 4.78 is 0. The third kappa shape index (κ3) is 0.503. The van der Waals surface area contributed by atoms with E-state index < -0.39 is 0 Å². The van der Waals surface area contributed by atoms with E-state index in [1.807, 2.05) is 0 Å². The van der Waals surface area contributed by atoms with Crippen molar-refractivity contribution in [3.63, 3.8) is 0 Å². The molecule has 0 radical (unpaired) electrons. The van der Waals surface area contributed by atoms with Gasteiger partial charge in [0, 0.05) is 0 Å². The summed E-state index contributed by atoms with van der Waals surface area (Å²) in [7, 11) is 0. The topological polar surface area (TPSA) is 0 Å². The van der Waals surface area contributed by atoms with Gasteiger partial charge >= 0.3 is 0 Å². The van der Waals surface area contributed by atoms with Crippen LogP contribution in [0.1, 0.15) is 6.42 Å². The van der Waals surface area contributed by atoms with Gasteiger partial charge in [-0.05, 0) is 39.2 Å². The highest BCUT2D eigenvalue weighted by atomic mass is 14.4. The number of rotatable bonds is 0. The fourth-order valence-electron chi connectivity index (χ4n) is 2.66. The molecule has 3 aliphatic rings. The summed E-state index contributed by atoms with van der Waals surface area (Å²) in [5.74, 6) is 0. The smallest absolute Gasteiger partial charge is 0.00130 e. The quantitative estimate of drug-likeness (QED) is 0.541. The first-order chi connectivity index (χ1) is 6.45. The molecule has 1 fully saturated rings.